The van der Waals surface area contributed by atoms with Gasteiger partial charge in [0, 0.05) is 25.4 Å². The van der Waals surface area contributed by atoms with Gasteiger partial charge in [0.15, 0.2) is 0 Å². The SMILES string of the molecule is CNc1ncc(C)c(NCCOC(C)C)n1. The number of anilines is 2. The van der Waals surface area contributed by atoms with E-state index >= 15 is 0 Å². The van der Waals surface area contributed by atoms with Crippen molar-refractivity contribution in [1.29, 1.82) is 0 Å². The molecular formula is C11H20N4O. The molecule has 1 aromatic heterocycles. The maximum atomic E-state index is 5.44. The zero-order chi connectivity index (χ0) is 12.0. The van der Waals surface area contributed by atoms with E-state index < -0.39 is 0 Å². The zero-order valence-electron chi connectivity index (χ0n) is 10.4. The van der Waals surface area contributed by atoms with Crippen molar-refractivity contribution >= 4 is 11.8 Å². The van der Waals surface area contributed by atoms with Crippen LogP contribution in [0.1, 0.15) is 19.4 Å². The number of ether oxygens (including phenoxy) is 1. The maximum Gasteiger partial charge on any atom is 0.224 e. The van der Waals surface area contributed by atoms with E-state index in [1.807, 2.05) is 20.8 Å². The van der Waals surface area contributed by atoms with Gasteiger partial charge < -0.3 is 15.4 Å². The van der Waals surface area contributed by atoms with E-state index in [9.17, 15) is 0 Å². The minimum absolute atomic E-state index is 0.265. The fourth-order valence-electron chi connectivity index (χ4n) is 1.21. The minimum Gasteiger partial charge on any atom is -0.377 e. The van der Waals surface area contributed by atoms with Crippen LogP contribution in [0.3, 0.4) is 0 Å². The topological polar surface area (TPSA) is 59.1 Å². The van der Waals surface area contributed by atoms with E-state index in [4.69, 9.17) is 4.74 Å². The first-order valence-electron chi connectivity index (χ1n) is 5.50. The predicted molar refractivity (Wildman–Crippen MR) is 65.9 cm³/mol. The molecule has 0 atom stereocenters. The number of rotatable bonds is 6. The molecule has 0 radical (unpaired) electrons. The van der Waals surface area contributed by atoms with Crippen LogP contribution < -0.4 is 10.6 Å². The highest BCUT2D eigenvalue weighted by Crippen LogP contribution is 2.11. The summed E-state index contributed by atoms with van der Waals surface area (Å²) >= 11 is 0. The zero-order valence-corrected chi connectivity index (χ0v) is 10.4. The van der Waals surface area contributed by atoms with Gasteiger partial charge in [0.1, 0.15) is 5.82 Å². The van der Waals surface area contributed by atoms with Crippen LogP contribution in [0, 0.1) is 6.92 Å². The summed E-state index contributed by atoms with van der Waals surface area (Å²) in [5.74, 6) is 1.48. The van der Waals surface area contributed by atoms with Crippen molar-refractivity contribution in [2.45, 2.75) is 26.9 Å². The van der Waals surface area contributed by atoms with Gasteiger partial charge in [-0.25, -0.2) is 4.98 Å². The van der Waals surface area contributed by atoms with Gasteiger partial charge in [-0.05, 0) is 20.8 Å². The lowest BCUT2D eigenvalue weighted by molar-refractivity contribution is 0.0870. The first-order chi connectivity index (χ1) is 7.63. The van der Waals surface area contributed by atoms with Crippen molar-refractivity contribution in [2.24, 2.45) is 0 Å². The summed E-state index contributed by atoms with van der Waals surface area (Å²) in [6.07, 6.45) is 2.06. The van der Waals surface area contributed by atoms with Crippen LogP contribution in [-0.4, -0.2) is 36.3 Å². The normalized spacial score (nSPS) is 10.6. The van der Waals surface area contributed by atoms with E-state index in [0.717, 1.165) is 17.9 Å². The highest BCUT2D eigenvalue weighted by atomic mass is 16.5. The van der Waals surface area contributed by atoms with Crippen LogP contribution >= 0.6 is 0 Å². The summed E-state index contributed by atoms with van der Waals surface area (Å²) in [6, 6.07) is 0. The quantitative estimate of drug-likeness (QED) is 0.720. The molecule has 0 spiro atoms. The van der Waals surface area contributed by atoms with Gasteiger partial charge in [0.05, 0.1) is 12.7 Å². The van der Waals surface area contributed by atoms with Crippen molar-refractivity contribution in [2.75, 3.05) is 30.8 Å². The summed E-state index contributed by atoms with van der Waals surface area (Å²) in [4.78, 5) is 8.44. The molecule has 1 rings (SSSR count). The van der Waals surface area contributed by atoms with Gasteiger partial charge >= 0.3 is 0 Å². The molecule has 0 bridgehead atoms. The molecule has 0 aromatic carbocycles. The average molecular weight is 224 g/mol. The number of hydrogen-bond donors (Lipinski definition) is 2. The van der Waals surface area contributed by atoms with Gasteiger partial charge in [-0.3, -0.25) is 0 Å². The van der Waals surface area contributed by atoms with Crippen molar-refractivity contribution in [1.82, 2.24) is 9.97 Å². The van der Waals surface area contributed by atoms with E-state index in [0.29, 0.717) is 12.6 Å². The third kappa shape index (κ3) is 4.02. The van der Waals surface area contributed by atoms with Gasteiger partial charge in [-0.1, -0.05) is 0 Å². The Bertz CT molecular complexity index is 328. The highest BCUT2D eigenvalue weighted by molar-refractivity contribution is 5.46. The molecular weight excluding hydrogens is 204 g/mol. The second kappa shape index (κ2) is 6.27. The van der Waals surface area contributed by atoms with E-state index in [2.05, 4.69) is 20.6 Å². The first kappa shape index (κ1) is 12.7. The number of nitrogens with one attached hydrogen (secondary N) is 2. The lowest BCUT2D eigenvalue weighted by atomic mass is 10.3. The van der Waals surface area contributed by atoms with E-state index in [1.54, 1.807) is 13.2 Å². The predicted octanol–water partition coefficient (Wildman–Crippen LogP) is 1.66. The van der Waals surface area contributed by atoms with Crippen LogP contribution in [0.2, 0.25) is 0 Å². The molecule has 16 heavy (non-hydrogen) atoms. The standard InChI is InChI=1S/C11H20N4O/c1-8(2)16-6-5-13-10-9(3)7-14-11(12-4)15-10/h7-8H,5-6H2,1-4H3,(H2,12,13,14,15). The van der Waals surface area contributed by atoms with Crippen molar-refractivity contribution in [3.05, 3.63) is 11.8 Å². The monoisotopic (exact) mass is 224 g/mol. The molecule has 1 heterocycles. The molecule has 5 nitrogen and oxygen atoms in total. The van der Waals surface area contributed by atoms with Gasteiger partial charge in [-0.2, -0.15) is 4.98 Å². The maximum absolute atomic E-state index is 5.44. The van der Waals surface area contributed by atoms with Crippen molar-refractivity contribution in [3.8, 4) is 0 Å². The molecule has 0 unspecified atom stereocenters. The smallest absolute Gasteiger partial charge is 0.224 e. The number of aryl methyl sites for hydroxylation is 1. The molecule has 0 aliphatic rings. The van der Waals surface area contributed by atoms with Crippen molar-refractivity contribution < 1.29 is 4.74 Å². The highest BCUT2D eigenvalue weighted by Gasteiger charge is 2.02. The summed E-state index contributed by atoms with van der Waals surface area (Å²) in [5, 5.41) is 6.14. The van der Waals surface area contributed by atoms with Crippen LogP contribution in [0.25, 0.3) is 0 Å². The molecule has 0 fully saturated rings. The number of hydrogen-bond acceptors (Lipinski definition) is 5. The fourth-order valence-corrected chi connectivity index (χ4v) is 1.21. The summed E-state index contributed by atoms with van der Waals surface area (Å²) < 4.78 is 5.44. The molecule has 0 saturated carbocycles. The molecule has 0 aliphatic heterocycles. The van der Waals surface area contributed by atoms with Gasteiger partial charge in [-0.15, -0.1) is 0 Å². The first-order valence-corrected chi connectivity index (χ1v) is 5.50. The Kier molecular flexibility index (Phi) is 4.98. The molecule has 90 valence electrons. The van der Waals surface area contributed by atoms with Crippen molar-refractivity contribution in [3.63, 3.8) is 0 Å². The Morgan fingerprint density at radius 1 is 1.44 bits per heavy atom. The lowest BCUT2D eigenvalue weighted by Crippen LogP contribution is -2.15. The molecule has 0 aliphatic carbocycles. The largest absolute Gasteiger partial charge is 0.377 e. The number of aromatic nitrogens is 2. The second-order valence-corrected chi connectivity index (χ2v) is 3.82. The molecule has 0 amide bonds. The van der Waals surface area contributed by atoms with Crippen LogP contribution in [0.4, 0.5) is 11.8 Å². The molecule has 0 saturated heterocycles. The Hall–Kier alpha value is -1.36. The molecule has 2 N–H and O–H groups in total. The second-order valence-electron chi connectivity index (χ2n) is 3.82. The molecule has 5 heteroatoms. The molecule has 1 aromatic rings. The number of nitrogens with zero attached hydrogens (tertiary/aromatic N) is 2. The summed E-state index contributed by atoms with van der Waals surface area (Å²) in [7, 11) is 1.80. The van der Waals surface area contributed by atoms with E-state index in [1.165, 1.54) is 0 Å². The third-order valence-electron chi connectivity index (χ3n) is 2.04. The Morgan fingerprint density at radius 3 is 2.81 bits per heavy atom. The fraction of sp³-hybridized carbons (Fsp3) is 0.636. The van der Waals surface area contributed by atoms with Gasteiger partial charge in [0.25, 0.3) is 0 Å². The average Bonchev–Trinajstić information content (AvgIpc) is 2.26. The Balaban J connectivity index is 2.46. The summed E-state index contributed by atoms with van der Waals surface area (Å²) in [6.45, 7) is 7.45. The minimum atomic E-state index is 0.265. The van der Waals surface area contributed by atoms with Crippen LogP contribution in [0.15, 0.2) is 6.20 Å². The van der Waals surface area contributed by atoms with Crippen LogP contribution in [0.5, 0.6) is 0 Å². The Labute approximate surface area is 96.6 Å². The Morgan fingerprint density at radius 2 is 2.19 bits per heavy atom. The van der Waals surface area contributed by atoms with Crippen LogP contribution in [-0.2, 0) is 4.74 Å². The lowest BCUT2D eigenvalue weighted by Gasteiger charge is -2.11. The summed E-state index contributed by atoms with van der Waals surface area (Å²) in [5.41, 5.74) is 1.03. The third-order valence-corrected chi connectivity index (χ3v) is 2.04. The van der Waals surface area contributed by atoms with Gasteiger partial charge in [0.2, 0.25) is 5.95 Å². The van der Waals surface area contributed by atoms with E-state index in [-0.39, 0.29) is 6.10 Å².